The van der Waals surface area contributed by atoms with Gasteiger partial charge in [0.25, 0.3) is 10.0 Å². The molecule has 10 heteroatoms. The molecule has 224 valence electrons. The number of nitrogens with one attached hydrogen (secondary N) is 1. The molecule has 7 nitrogen and oxygen atoms in total. The van der Waals surface area contributed by atoms with Crippen LogP contribution in [0.1, 0.15) is 24.5 Å². The van der Waals surface area contributed by atoms with Crippen LogP contribution in [0.5, 0.6) is 0 Å². The van der Waals surface area contributed by atoms with Crippen molar-refractivity contribution in [3.8, 4) is 0 Å². The van der Waals surface area contributed by atoms with Crippen LogP contribution in [-0.2, 0) is 32.6 Å². The van der Waals surface area contributed by atoms with Gasteiger partial charge in [-0.15, -0.1) is 0 Å². The Labute approximate surface area is 270 Å². The molecule has 0 saturated heterocycles. The molecule has 0 bridgehead atoms. The second kappa shape index (κ2) is 15.3. The number of benzene rings is 4. The van der Waals surface area contributed by atoms with Crippen molar-refractivity contribution in [2.75, 3.05) is 17.4 Å². The van der Waals surface area contributed by atoms with Crippen molar-refractivity contribution in [2.45, 2.75) is 37.2 Å². The Balaban J connectivity index is 1.78. The maximum atomic E-state index is 14.4. The standard InChI is InChI=1S/C33H33Br2N3O4S/c1-2-20-36-33(40)31(22-25-10-5-3-6-11-25)37(23-26-12-9-13-28(35)21-26)32(39)24-38(29-18-16-27(34)17-19-29)43(41,42)30-14-7-4-8-15-30/h3-19,21,31H,2,20,22-24H2,1H3,(H,36,40)/t31-/m1/s1. The molecule has 4 aromatic carbocycles. The van der Waals surface area contributed by atoms with Crippen LogP contribution in [0.25, 0.3) is 0 Å². The molecule has 0 aromatic heterocycles. The summed E-state index contributed by atoms with van der Waals surface area (Å²) in [7, 11) is -4.13. The van der Waals surface area contributed by atoms with Crippen molar-refractivity contribution in [1.29, 1.82) is 0 Å². The number of halogens is 2. The zero-order valence-corrected chi connectivity index (χ0v) is 27.7. The van der Waals surface area contributed by atoms with Crippen LogP contribution < -0.4 is 9.62 Å². The Morgan fingerprint density at radius 3 is 2.05 bits per heavy atom. The van der Waals surface area contributed by atoms with Crippen LogP contribution in [0, 0.1) is 0 Å². The van der Waals surface area contributed by atoms with E-state index in [1.54, 1.807) is 42.5 Å². The van der Waals surface area contributed by atoms with Gasteiger partial charge >= 0.3 is 0 Å². The van der Waals surface area contributed by atoms with Crippen molar-refractivity contribution in [2.24, 2.45) is 0 Å². The lowest BCUT2D eigenvalue weighted by Gasteiger charge is -2.34. The summed E-state index contributed by atoms with van der Waals surface area (Å²) in [5, 5.41) is 2.95. The van der Waals surface area contributed by atoms with Gasteiger partial charge < -0.3 is 10.2 Å². The normalized spacial score (nSPS) is 11.9. The molecule has 0 aliphatic carbocycles. The van der Waals surface area contributed by atoms with E-state index >= 15 is 0 Å². The van der Waals surface area contributed by atoms with Crippen molar-refractivity contribution in [1.82, 2.24) is 10.2 Å². The summed E-state index contributed by atoms with van der Waals surface area (Å²) < 4.78 is 30.7. The number of amides is 2. The molecule has 0 fully saturated rings. The number of rotatable bonds is 13. The summed E-state index contributed by atoms with van der Waals surface area (Å²) >= 11 is 6.90. The van der Waals surface area contributed by atoms with Gasteiger partial charge in [0, 0.05) is 28.5 Å². The van der Waals surface area contributed by atoms with E-state index in [9.17, 15) is 18.0 Å². The van der Waals surface area contributed by atoms with E-state index in [0.29, 0.717) is 12.2 Å². The smallest absolute Gasteiger partial charge is 0.264 e. The Kier molecular flexibility index (Phi) is 11.6. The fourth-order valence-corrected chi connectivity index (χ4v) is 6.75. The van der Waals surface area contributed by atoms with Crippen LogP contribution in [0.2, 0.25) is 0 Å². The van der Waals surface area contributed by atoms with Crippen LogP contribution in [-0.4, -0.2) is 44.3 Å². The largest absolute Gasteiger partial charge is 0.354 e. The van der Waals surface area contributed by atoms with Gasteiger partial charge in [0.05, 0.1) is 10.6 Å². The first-order chi connectivity index (χ1) is 20.7. The lowest BCUT2D eigenvalue weighted by molar-refractivity contribution is -0.140. The molecule has 1 N–H and O–H groups in total. The van der Waals surface area contributed by atoms with Gasteiger partial charge in [-0.1, -0.05) is 99.4 Å². The predicted octanol–water partition coefficient (Wildman–Crippen LogP) is 6.57. The van der Waals surface area contributed by atoms with E-state index in [1.807, 2.05) is 61.5 Å². The number of anilines is 1. The first-order valence-corrected chi connectivity index (χ1v) is 16.9. The van der Waals surface area contributed by atoms with Crippen molar-refractivity contribution in [3.05, 3.63) is 129 Å². The lowest BCUT2D eigenvalue weighted by atomic mass is 10.0. The first-order valence-electron chi connectivity index (χ1n) is 13.9. The monoisotopic (exact) mass is 725 g/mol. The highest BCUT2D eigenvalue weighted by atomic mass is 79.9. The molecule has 0 radical (unpaired) electrons. The summed E-state index contributed by atoms with van der Waals surface area (Å²) in [5.74, 6) is -0.801. The molecular weight excluding hydrogens is 694 g/mol. The minimum Gasteiger partial charge on any atom is -0.354 e. The Morgan fingerprint density at radius 2 is 1.42 bits per heavy atom. The van der Waals surface area contributed by atoms with Crippen LogP contribution in [0.4, 0.5) is 5.69 Å². The molecule has 0 aliphatic rings. The van der Waals surface area contributed by atoms with E-state index < -0.39 is 28.5 Å². The SMILES string of the molecule is CCCNC(=O)[C@@H](Cc1ccccc1)N(Cc1cccc(Br)c1)C(=O)CN(c1ccc(Br)cc1)S(=O)(=O)c1ccccc1. The number of hydrogen-bond donors (Lipinski definition) is 1. The zero-order chi connectivity index (χ0) is 30.8. The molecule has 1 atom stereocenters. The van der Waals surface area contributed by atoms with Gasteiger partial charge in [-0.25, -0.2) is 8.42 Å². The molecule has 43 heavy (non-hydrogen) atoms. The van der Waals surface area contributed by atoms with Crippen molar-refractivity contribution >= 4 is 59.4 Å². The molecule has 0 unspecified atom stereocenters. The van der Waals surface area contributed by atoms with Gasteiger partial charge in [-0.3, -0.25) is 13.9 Å². The van der Waals surface area contributed by atoms with Crippen molar-refractivity contribution < 1.29 is 18.0 Å². The molecule has 4 aromatic rings. The molecule has 0 spiro atoms. The highest BCUT2D eigenvalue weighted by molar-refractivity contribution is 9.10. The average Bonchev–Trinajstić information content (AvgIpc) is 3.01. The number of carbonyl (C=O) groups excluding carboxylic acids is 2. The molecule has 4 rings (SSSR count). The summed E-state index contributed by atoms with van der Waals surface area (Å²) in [6.45, 7) is 2.02. The maximum Gasteiger partial charge on any atom is 0.264 e. The molecule has 2 amide bonds. The second-order valence-corrected chi connectivity index (χ2v) is 13.6. The molecular formula is C33H33Br2N3O4S. The van der Waals surface area contributed by atoms with Crippen LogP contribution >= 0.6 is 31.9 Å². The van der Waals surface area contributed by atoms with Crippen LogP contribution in [0.3, 0.4) is 0 Å². The van der Waals surface area contributed by atoms with Gasteiger partial charge in [-0.05, 0) is 66.1 Å². The van der Waals surface area contributed by atoms with Gasteiger partial charge in [-0.2, -0.15) is 0 Å². The third-order valence-electron chi connectivity index (χ3n) is 6.79. The number of hydrogen-bond acceptors (Lipinski definition) is 4. The summed E-state index contributed by atoms with van der Waals surface area (Å²) in [6, 6.07) is 30.9. The Morgan fingerprint density at radius 1 is 0.791 bits per heavy atom. The second-order valence-electron chi connectivity index (χ2n) is 9.95. The number of carbonyl (C=O) groups is 2. The predicted molar refractivity (Wildman–Crippen MR) is 177 cm³/mol. The first kappa shape index (κ1) is 32.4. The topological polar surface area (TPSA) is 86.8 Å². The fourth-order valence-electron chi connectivity index (χ4n) is 4.61. The molecule has 0 heterocycles. The minimum absolute atomic E-state index is 0.0609. The maximum absolute atomic E-state index is 14.4. The van der Waals surface area contributed by atoms with Gasteiger partial charge in [0.15, 0.2) is 0 Å². The Bertz CT molecular complexity index is 1620. The zero-order valence-electron chi connectivity index (χ0n) is 23.7. The van der Waals surface area contributed by atoms with E-state index in [-0.39, 0.29) is 23.8 Å². The summed E-state index contributed by atoms with van der Waals surface area (Å²) in [6.07, 6.45) is 0.996. The molecule has 0 aliphatic heterocycles. The third-order valence-corrected chi connectivity index (χ3v) is 9.60. The van der Waals surface area contributed by atoms with Crippen molar-refractivity contribution in [3.63, 3.8) is 0 Å². The highest BCUT2D eigenvalue weighted by Gasteiger charge is 2.34. The minimum atomic E-state index is -4.13. The Hall–Kier alpha value is -3.47. The van der Waals surface area contributed by atoms with E-state index in [1.165, 1.54) is 17.0 Å². The van der Waals surface area contributed by atoms with E-state index in [2.05, 4.69) is 37.2 Å². The third kappa shape index (κ3) is 8.78. The average molecular weight is 728 g/mol. The highest BCUT2D eigenvalue weighted by Crippen LogP contribution is 2.26. The number of sulfonamides is 1. The summed E-state index contributed by atoms with van der Waals surface area (Å²) in [5.41, 5.74) is 2.01. The quantitative estimate of drug-likeness (QED) is 0.169. The molecule has 0 saturated carbocycles. The van der Waals surface area contributed by atoms with Crippen LogP contribution in [0.15, 0.2) is 123 Å². The van der Waals surface area contributed by atoms with E-state index in [0.717, 1.165) is 30.8 Å². The van der Waals surface area contributed by atoms with Gasteiger partial charge in [0.2, 0.25) is 11.8 Å². The lowest BCUT2D eigenvalue weighted by Crippen LogP contribution is -2.53. The van der Waals surface area contributed by atoms with Gasteiger partial charge in [0.1, 0.15) is 12.6 Å². The van der Waals surface area contributed by atoms with E-state index in [4.69, 9.17) is 0 Å². The number of nitrogens with zero attached hydrogens (tertiary/aromatic N) is 2. The summed E-state index contributed by atoms with van der Waals surface area (Å²) in [4.78, 5) is 29.6. The fraction of sp³-hybridized carbons (Fsp3) is 0.212.